The molecule has 1 amide bonds. The van der Waals surface area contributed by atoms with E-state index in [0.29, 0.717) is 11.4 Å². The molecule has 0 atom stereocenters. The van der Waals surface area contributed by atoms with Crippen LogP contribution >= 0.6 is 15.9 Å². The number of benzene rings is 2. The van der Waals surface area contributed by atoms with Gasteiger partial charge < -0.3 is 10.1 Å². The molecule has 0 spiro atoms. The number of nitrogens with one attached hydrogen (secondary N) is 1. The molecule has 0 saturated heterocycles. The number of hydrogen-bond acceptors (Lipinski definition) is 2. The Morgan fingerprint density at radius 3 is 2.73 bits per heavy atom. The Balaban J connectivity index is 1.99. The molecule has 0 aliphatic heterocycles. The minimum Gasteiger partial charge on any atom is -0.483 e. The fourth-order valence-corrected chi connectivity index (χ4v) is 2.39. The molecule has 2 aromatic rings. The molecule has 0 unspecified atom stereocenters. The van der Waals surface area contributed by atoms with Crippen LogP contribution in [0.5, 0.6) is 5.75 Å². The van der Waals surface area contributed by atoms with Gasteiger partial charge >= 0.3 is 0 Å². The lowest BCUT2D eigenvalue weighted by Crippen LogP contribution is -2.20. The van der Waals surface area contributed by atoms with E-state index in [9.17, 15) is 9.18 Å². The van der Waals surface area contributed by atoms with Gasteiger partial charge in [0.05, 0.1) is 0 Å². The van der Waals surface area contributed by atoms with Crippen molar-refractivity contribution in [1.29, 1.82) is 0 Å². The summed E-state index contributed by atoms with van der Waals surface area (Å²) in [5, 5.41) is 2.60. The Morgan fingerprint density at radius 2 is 2.05 bits per heavy atom. The predicted octanol–water partition coefficient (Wildman–Crippen LogP) is 4.73. The van der Waals surface area contributed by atoms with E-state index in [1.807, 2.05) is 18.2 Å². The van der Waals surface area contributed by atoms with Crippen molar-refractivity contribution in [2.45, 2.75) is 19.8 Å². The summed E-state index contributed by atoms with van der Waals surface area (Å²) in [5.74, 6) is 0.225. The Hall–Kier alpha value is -1.88. The monoisotopic (exact) mass is 365 g/mol. The van der Waals surface area contributed by atoms with Crippen molar-refractivity contribution < 1.29 is 13.9 Å². The van der Waals surface area contributed by atoms with E-state index in [1.165, 1.54) is 18.2 Å². The summed E-state index contributed by atoms with van der Waals surface area (Å²) in [6, 6.07) is 11.4. The minimum atomic E-state index is -0.395. The smallest absolute Gasteiger partial charge is 0.262 e. The molecule has 0 bridgehead atoms. The molecule has 0 aliphatic rings. The molecule has 3 nitrogen and oxygen atoms in total. The lowest BCUT2D eigenvalue weighted by Gasteiger charge is -2.14. The van der Waals surface area contributed by atoms with E-state index in [-0.39, 0.29) is 18.4 Å². The maximum Gasteiger partial charge on any atom is 0.262 e. The molecule has 0 heterocycles. The van der Waals surface area contributed by atoms with Gasteiger partial charge in [-0.15, -0.1) is 0 Å². The lowest BCUT2D eigenvalue weighted by atomic mass is 10.0. The van der Waals surface area contributed by atoms with Crippen LogP contribution in [0.1, 0.15) is 25.3 Å². The molecule has 2 rings (SSSR count). The van der Waals surface area contributed by atoms with Crippen LogP contribution in [0.4, 0.5) is 10.1 Å². The van der Waals surface area contributed by atoms with Crippen LogP contribution in [-0.4, -0.2) is 12.5 Å². The standard InChI is InChI=1S/C17H17BrFNO2/c1-11(2)15-8-12(18)6-7-16(15)22-10-17(21)20-14-5-3-4-13(19)9-14/h3-9,11H,10H2,1-2H3,(H,20,21). The number of halogens is 2. The highest BCUT2D eigenvalue weighted by Crippen LogP contribution is 2.29. The topological polar surface area (TPSA) is 38.3 Å². The number of carbonyl (C=O) groups is 1. The highest BCUT2D eigenvalue weighted by Gasteiger charge is 2.11. The fourth-order valence-electron chi connectivity index (χ4n) is 2.01. The van der Waals surface area contributed by atoms with Gasteiger partial charge in [-0.3, -0.25) is 4.79 Å². The maximum absolute atomic E-state index is 13.1. The molecular weight excluding hydrogens is 349 g/mol. The van der Waals surface area contributed by atoms with Crippen molar-refractivity contribution in [2.75, 3.05) is 11.9 Å². The molecule has 116 valence electrons. The van der Waals surface area contributed by atoms with Crippen LogP contribution < -0.4 is 10.1 Å². The van der Waals surface area contributed by atoms with Crippen molar-refractivity contribution in [3.05, 3.63) is 58.3 Å². The molecule has 0 radical (unpaired) electrons. The van der Waals surface area contributed by atoms with E-state index < -0.39 is 5.82 Å². The van der Waals surface area contributed by atoms with Gasteiger partial charge in [0.25, 0.3) is 5.91 Å². The number of ether oxygens (including phenoxy) is 1. The molecule has 2 aromatic carbocycles. The van der Waals surface area contributed by atoms with E-state index in [4.69, 9.17) is 4.74 Å². The van der Waals surface area contributed by atoms with E-state index in [1.54, 1.807) is 6.07 Å². The summed E-state index contributed by atoms with van der Waals surface area (Å²) in [6.07, 6.45) is 0. The highest BCUT2D eigenvalue weighted by atomic mass is 79.9. The number of rotatable bonds is 5. The number of anilines is 1. The predicted molar refractivity (Wildman–Crippen MR) is 88.8 cm³/mol. The van der Waals surface area contributed by atoms with Crippen molar-refractivity contribution >= 4 is 27.5 Å². The second kappa shape index (κ2) is 7.40. The summed E-state index contributed by atoms with van der Waals surface area (Å²) in [6.45, 7) is 3.99. The van der Waals surface area contributed by atoms with Crippen LogP contribution in [0.2, 0.25) is 0 Å². The first-order valence-corrected chi connectivity index (χ1v) is 7.72. The first-order valence-electron chi connectivity index (χ1n) is 6.93. The summed E-state index contributed by atoms with van der Waals surface area (Å²) >= 11 is 3.43. The summed E-state index contributed by atoms with van der Waals surface area (Å²) in [7, 11) is 0. The molecule has 1 N–H and O–H groups in total. The van der Waals surface area contributed by atoms with Crippen LogP contribution in [0, 0.1) is 5.82 Å². The molecule has 0 saturated carbocycles. The van der Waals surface area contributed by atoms with Gasteiger partial charge in [-0.2, -0.15) is 0 Å². The first kappa shape index (κ1) is 16.5. The average molecular weight is 366 g/mol. The molecule has 0 fully saturated rings. The van der Waals surface area contributed by atoms with Gasteiger partial charge in [0.1, 0.15) is 11.6 Å². The summed E-state index contributed by atoms with van der Waals surface area (Å²) in [4.78, 5) is 11.9. The van der Waals surface area contributed by atoms with Crippen LogP contribution in [0.15, 0.2) is 46.9 Å². The molecule has 22 heavy (non-hydrogen) atoms. The van der Waals surface area contributed by atoms with Gasteiger partial charge in [0, 0.05) is 10.2 Å². The van der Waals surface area contributed by atoms with Gasteiger partial charge in [0.15, 0.2) is 6.61 Å². The number of carbonyl (C=O) groups excluding carboxylic acids is 1. The van der Waals surface area contributed by atoms with Gasteiger partial charge in [-0.1, -0.05) is 35.8 Å². The quantitative estimate of drug-likeness (QED) is 0.831. The van der Waals surface area contributed by atoms with Gasteiger partial charge in [0.2, 0.25) is 0 Å². The Bertz CT molecular complexity index is 673. The third kappa shape index (κ3) is 4.56. The summed E-state index contributed by atoms with van der Waals surface area (Å²) < 4.78 is 19.6. The summed E-state index contributed by atoms with van der Waals surface area (Å²) in [5.41, 5.74) is 1.43. The minimum absolute atomic E-state index is 0.127. The molecule has 5 heteroatoms. The van der Waals surface area contributed by atoms with Crippen molar-refractivity contribution in [2.24, 2.45) is 0 Å². The zero-order valence-corrected chi connectivity index (χ0v) is 14.0. The van der Waals surface area contributed by atoms with E-state index in [2.05, 4.69) is 35.1 Å². The Kier molecular flexibility index (Phi) is 5.55. The maximum atomic E-state index is 13.1. The second-order valence-corrected chi connectivity index (χ2v) is 6.10. The van der Waals surface area contributed by atoms with Gasteiger partial charge in [-0.25, -0.2) is 4.39 Å². The second-order valence-electron chi connectivity index (χ2n) is 5.18. The normalized spacial score (nSPS) is 10.6. The highest BCUT2D eigenvalue weighted by molar-refractivity contribution is 9.10. The molecular formula is C17H17BrFNO2. The van der Waals surface area contributed by atoms with E-state index in [0.717, 1.165) is 10.0 Å². The van der Waals surface area contributed by atoms with Crippen molar-refractivity contribution in [1.82, 2.24) is 0 Å². The largest absolute Gasteiger partial charge is 0.483 e. The Labute approximate surface area is 137 Å². The van der Waals surface area contributed by atoms with Crippen LogP contribution in [0.25, 0.3) is 0 Å². The SMILES string of the molecule is CC(C)c1cc(Br)ccc1OCC(=O)Nc1cccc(F)c1. The fraction of sp³-hybridized carbons (Fsp3) is 0.235. The van der Waals surface area contributed by atoms with Crippen molar-refractivity contribution in [3.8, 4) is 5.75 Å². The molecule has 0 aliphatic carbocycles. The average Bonchev–Trinajstić information content (AvgIpc) is 2.45. The lowest BCUT2D eigenvalue weighted by molar-refractivity contribution is -0.118. The number of amides is 1. The van der Waals surface area contributed by atoms with Gasteiger partial charge in [-0.05, 0) is 47.9 Å². The van der Waals surface area contributed by atoms with Crippen LogP contribution in [0.3, 0.4) is 0 Å². The third-order valence-corrected chi connectivity index (χ3v) is 3.55. The van der Waals surface area contributed by atoms with Crippen molar-refractivity contribution in [3.63, 3.8) is 0 Å². The number of hydrogen-bond donors (Lipinski definition) is 1. The third-order valence-electron chi connectivity index (χ3n) is 3.06. The Morgan fingerprint density at radius 1 is 1.27 bits per heavy atom. The van der Waals surface area contributed by atoms with E-state index >= 15 is 0 Å². The molecule has 0 aromatic heterocycles. The first-order chi connectivity index (χ1) is 10.5. The van der Waals surface area contributed by atoms with Crippen LogP contribution in [-0.2, 0) is 4.79 Å². The zero-order valence-electron chi connectivity index (χ0n) is 12.4. The zero-order chi connectivity index (χ0) is 16.1.